The Morgan fingerprint density at radius 3 is 2.95 bits per heavy atom. The highest BCUT2D eigenvalue weighted by Crippen LogP contribution is 2.32. The van der Waals surface area contributed by atoms with E-state index in [0.717, 1.165) is 16.9 Å². The van der Waals surface area contributed by atoms with Crippen LogP contribution in [0.3, 0.4) is 0 Å². The lowest BCUT2D eigenvalue weighted by atomic mass is 10.1. The smallest absolute Gasteiger partial charge is 0.189 e. The Labute approximate surface area is 129 Å². The zero-order chi connectivity index (χ0) is 14.8. The molecule has 21 heavy (non-hydrogen) atoms. The first-order valence-corrected chi connectivity index (χ1v) is 8.27. The van der Waals surface area contributed by atoms with E-state index in [1.165, 1.54) is 0 Å². The van der Waals surface area contributed by atoms with E-state index >= 15 is 0 Å². The minimum Gasteiger partial charge on any atom is -0.467 e. The summed E-state index contributed by atoms with van der Waals surface area (Å²) < 4.78 is 28.0. The van der Waals surface area contributed by atoms with E-state index in [4.69, 9.17) is 25.6 Å². The molecule has 0 bridgehead atoms. The van der Waals surface area contributed by atoms with Gasteiger partial charge in [0, 0.05) is 33.0 Å². The van der Waals surface area contributed by atoms with Crippen molar-refractivity contribution in [3.05, 3.63) is 45.8 Å². The summed E-state index contributed by atoms with van der Waals surface area (Å²) in [5, 5.41) is 4.45. The van der Waals surface area contributed by atoms with Crippen LogP contribution in [0.15, 0.2) is 22.7 Å². The van der Waals surface area contributed by atoms with Gasteiger partial charge in [-0.05, 0) is 19.1 Å². The molecule has 0 aliphatic carbocycles. The highest BCUT2D eigenvalue weighted by molar-refractivity contribution is 7.83. The van der Waals surface area contributed by atoms with Gasteiger partial charge in [-0.1, -0.05) is 16.8 Å². The summed E-state index contributed by atoms with van der Waals surface area (Å²) >= 11 is 6.09. The fourth-order valence-corrected chi connectivity index (χ4v) is 3.63. The largest absolute Gasteiger partial charge is 0.467 e. The Bertz CT molecular complexity index is 686. The Hall–Kier alpha value is -1.37. The van der Waals surface area contributed by atoms with Crippen LogP contribution in [0, 0.1) is 6.92 Å². The summed E-state index contributed by atoms with van der Waals surface area (Å²) in [5.41, 5.74) is 2.41. The molecule has 3 rings (SSSR count). The molecule has 1 aromatic carbocycles. The summed E-state index contributed by atoms with van der Waals surface area (Å²) in [6.45, 7) is 2.47. The maximum Gasteiger partial charge on any atom is 0.189 e. The molecule has 0 saturated heterocycles. The van der Waals surface area contributed by atoms with Gasteiger partial charge in [0.15, 0.2) is 6.79 Å². The topological polar surface area (TPSA) is 61.6 Å². The molecular weight excluding hydrogens is 314 g/mol. The molecule has 2 heterocycles. The number of halogens is 1. The highest BCUT2D eigenvalue weighted by atomic mass is 35.5. The van der Waals surface area contributed by atoms with Gasteiger partial charge in [-0.25, -0.2) is 0 Å². The summed E-state index contributed by atoms with van der Waals surface area (Å²) in [5.74, 6) is 2.14. The molecule has 0 amide bonds. The van der Waals surface area contributed by atoms with Crippen molar-refractivity contribution in [1.82, 2.24) is 5.16 Å². The molecule has 0 spiro atoms. The summed E-state index contributed by atoms with van der Waals surface area (Å²) in [4.78, 5) is 0. The van der Waals surface area contributed by atoms with Crippen LogP contribution in [-0.4, -0.2) is 16.2 Å². The Morgan fingerprint density at radius 1 is 1.33 bits per heavy atom. The molecule has 0 N–H and O–H groups in total. The number of hydrogen-bond acceptors (Lipinski definition) is 5. The van der Waals surface area contributed by atoms with Crippen LogP contribution in [0.5, 0.6) is 5.75 Å². The quantitative estimate of drug-likeness (QED) is 0.864. The van der Waals surface area contributed by atoms with E-state index in [0.29, 0.717) is 34.6 Å². The standard InChI is InChI=1S/C14H14ClNO4S/c1-9-2-13(16-20-9)7-21(17)6-11-4-12(15)3-10-5-18-8-19-14(10)11/h2-4H,5-8H2,1H3/t21-/m1/s1. The lowest BCUT2D eigenvalue weighted by Crippen LogP contribution is -2.14. The van der Waals surface area contributed by atoms with Crippen molar-refractivity contribution in [3.63, 3.8) is 0 Å². The third kappa shape index (κ3) is 3.45. The van der Waals surface area contributed by atoms with Crippen LogP contribution in [-0.2, 0) is 33.6 Å². The van der Waals surface area contributed by atoms with Gasteiger partial charge in [0.2, 0.25) is 0 Å². The number of nitrogens with zero attached hydrogens (tertiary/aromatic N) is 1. The molecule has 1 atom stereocenters. The molecule has 0 saturated carbocycles. The van der Waals surface area contributed by atoms with Gasteiger partial charge in [0.25, 0.3) is 0 Å². The number of benzene rings is 1. The van der Waals surface area contributed by atoms with Crippen molar-refractivity contribution in [3.8, 4) is 5.75 Å². The number of aromatic nitrogens is 1. The van der Waals surface area contributed by atoms with Gasteiger partial charge >= 0.3 is 0 Å². The highest BCUT2D eigenvalue weighted by Gasteiger charge is 2.18. The monoisotopic (exact) mass is 327 g/mol. The Morgan fingerprint density at radius 2 is 2.19 bits per heavy atom. The second-order valence-electron chi connectivity index (χ2n) is 4.82. The van der Waals surface area contributed by atoms with Crippen LogP contribution in [0.1, 0.15) is 22.6 Å². The number of hydrogen-bond donors (Lipinski definition) is 0. The fraction of sp³-hybridized carbons (Fsp3) is 0.357. The Balaban J connectivity index is 1.78. The van der Waals surface area contributed by atoms with Gasteiger partial charge in [0.1, 0.15) is 11.5 Å². The number of ether oxygens (including phenoxy) is 2. The van der Waals surface area contributed by atoms with Crippen molar-refractivity contribution in [1.29, 1.82) is 0 Å². The predicted molar refractivity (Wildman–Crippen MR) is 78.5 cm³/mol. The summed E-state index contributed by atoms with van der Waals surface area (Å²) in [7, 11) is -1.12. The second kappa shape index (κ2) is 6.17. The van der Waals surface area contributed by atoms with E-state index in [1.807, 2.05) is 6.07 Å². The van der Waals surface area contributed by atoms with E-state index in [9.17, 15) is 4.21 Å². The van der Waals surface area contributed by atoms with Gasteiger partial charge in [-0.15, -0.1) is 0 Å². The third-order valence-corrected chi connectivity index (χ3v) is 4.52. The first kappa shape index (κ1) is 14.6. The van der Waals surface area contributed by atoms with Crippen molar-refractivity contribution in [2.75, 3.05) is 6.79 Å². The Kier molecular flexibility index (Phi) is 4.28. The minimum absolute atomic E-state index is 0.205. The average Bonchev–Trinajstić information content (AvgIpc) is 2.83. The first-order valence-electron chi connectivity index (χ1n) is 6.41. The molecule has 2 aromatic rings. The van der Waals surface area contributed by atoms with Gasteiger partial charge in [-0.3, -0.25) is 4.21 Å². The molecule has 5 nitrogen and oxygen atoms in total. The van der Waals surface area contributed by atoms with Crippen LogP contribution >= 0.6 is 11.6 Å². The molecular formula is C14H14ClNO4S. The van der Waals surface area contributed by atoms with Crippen molar-refractivity contribution < 1.29 is 18.2 Å². The minimum atomic E-state index is -1.12. The number of fused-ring (bicyclic) bond motifs is 1. The van der Waals surface area contributed by atoms with E-state index in [-0.39, 0.29) is 6.79 Å². The lowest BCUT2D eigenvalue weighted by Gasteiger charge is -2.20. The molecule has 7 heteroatoms. The molecule has 1 aliphatic rings. The number of rotatable bonds is 4. The maximum absolute atomic E-state index is 12.3. The van der Waals surface area contributed by atoms with Crippen LogP contribution in [0.25, 0.3) is 0 Å². The normalized spacial score (nSPS) is 15.3. The lowest BCUT2D eigenvalue weighted by molar-refractivity contribution is -0.0169. The molecule has 1 aliphatic heterocycles. The molecule has 112 valence electrons. The second-order valence-corrected chi connectivity index (χ2v) is 6.71. The van der Waals surface area contributed by atoms with Crippen molar-refractivity contribution in [2.45, 2.75) is 25.0 Å². The molecule has 0 fully saturated rings. The fourth-order valence-electron chi connectivity index (χ4n) is 2.24. The molecule has 0 radical (unpaired) electrons. The molecule has 0 unspecified atom stereocenters. The van der Waals surface area contributed by atoms with E-state index < -0.39 is 10.8 Å². The summed E-state index contributed by atoms with van der Waals surface area (Å²) in [6.07, 6.45) is 0. The van der Waals surface area contributed by atoms with Crippen molar-refractivity contribution >= 4 is 22.4 Å². The molecule has 1 aromatic heterocycles. The van der Waals surface area contributed by atoms with Crippen LogP contribution in [0.4, 0.5) is 0 Å². The SMILES string of the molecule is Cc1cc(C[S@](=O)Cc2cc(Cl)cc3c2OCOC3)no1. The zero-order valence-corrected chi connectivity index (χ0v) is 13.0. The zero-order valence-electron chi connectivity index (χ0n) is 11.4. The van der Waals surface area contributed by atoms with E-state index in [1.54, 1.807) is 19.1 Å². The van der Waals surface area contributed by atoms with Gasteiger partial charge in [0.05, 0.1) is 23.8 Å². The van der Waals surface area contributed by atoms with Crippen LogP contribution < -0.4 is 4.74 Å². The number of aryl methyl sites for hydroxylation is 1. The third-order valence-electron chi connectivity index (χ3n) is 3.05. The average molecular weight is 328 g/mol. The van der Waals surface area contributed by atoms with Gasteiger partial charge < -0.3 is 14.0 Å². The maximum atomic E-state index is 12.3. The van der Waals surface area contributed by atoms with Gasteiger partial charge in [-0.2, -0.15) is 0 Å². The summed E-state index contributed by atoms with van der Waals surface area (Å²) in [6, 6.07) is 5.39. The predicted octanol–water partition coefficient (Wildman–Crippen LogP) is 2.95. The van der Waals surface area contributed by atoms with Crippen molar-refractivity contribution in [2.24, 2.45) is 0 Å². The van der Waals surface area contributed by atoms with Crippen LogP contribution in [0.2, 0.25) is 5.02 Å². The van der Waals surface area contributed by atoms with E-state index in [2.05, 4.69) is 5.16 Å². The first-order chi connectivity index (χ1) is 10.1.